The van der Waals surface area contributed by atoms with E-state index >= 15 is 0 Å². The molecule has 0 radical (unpaired) electrons. The number of hydrogen-bond acceptors (Lipinski definition) is 2. The summed E-state index contributed by atoms with van der Waals surface area (Å²) < 4.78 is 0. The molecule has 1 fully saturated rings. The Morgan fingerprint density at radius 2 is 1.94 bits per heavy atom. The summed E-state index contributed by atoms with van der Waals surface area (Å²) in [6.07, 6.45) is 10.8. The Morgan fingerprint density at radius 3 is 2.61 bits per heavy atom. The fourth-order valence-electron chi connectivity index (χ4n) is 3.22. The number of nitrogens with zero attached hydrogens (tertiary/aromatic N) is 1. The van der Waals surface area contributed by atoms with Crippen LogP contribution in [0.3, 0.4) is 0 Å². The van der Waals surface area contributed by atoms with Gasteiger partial charge in [-0.3, -0.25) is 0 Å². The first kappa shape index (κ1) is 16.0. The van der Waals surface area contributed by atoms with Crippen molar-refractivity contribution in [3.05, 3.63) is 0 Å². The summed E-state index contributed by atoms with van der Waals surface area (Å²) in [4.78, 5) is 2.77. The van der Waals surface area contributed by atoms with Crippen molar-refractivity contribution in [2.45, 2.75) is 84.2 Å². The predicted octanol–water partition coefficient (Wildman–Crippen LogP) is 3.79. The molecule has 0 aromatic heterocycles. The molecule has 0 aliphatic carbocycles. The van der Waals surface area contributed by atoms with E-state index in [4.69, 9.17) is 5.73 Å². The molecule has 108 valence electrons. The molecule has 3 unspecified atom stereocenters. The molecule has 3 atom stereocenters. The summed E-state index contributed by atoms with van der Waals surface area (Å²) in [6, 6.07) is 1.22. The highest BCUT2D eigenvalue weighted by Crippen LogP contribution is 2.21. The van der Waals surface area contributed by atoms with Crippen LogP contribution in [0.4, 0.5) is 0 Å². The van der Waals surface area contributed by atoms with Gasteiger partial charge in [0.15, 0.2) is 0 Å². The van der Waals surface area contributed by atoms with E-state index in [0.717, 1.165) is 12.0 Å². The second-order valence-corrected chi connectivity index (χ2v) is 6.42. The molecule has 18 heavy (non-hydrogen) atoms. The maximum Gasteiger partial charge on any atom is 0.00927 e. The molecule has 0 aromatic carbocycles. The van der Waals surface area contributed by atoms with Gasteiger partial charge in [0.25, 0.3) is 0 Å². The van der Waals surface area contributed by atoms with E-state index in [1.807, 2.05) is 0 Å². The fraction of sp³-hybridized carbons (Fsp3) is 1.00. The first-order valence-electron chi connectivity index (χ1n) is 8.13. The quantitative estimate of drug-likeness (QED) is 0.749. The van der Waals surface area contributed by atoms with Crippen LogP contribution in [0.5, 0.6) is 0 Å². The van der Waals surface area contributed by atoms with E-state index in [1.165, 1.54) is 64.5 Å². The van der Waals surface area contributed by atoms with Gasteiger partial charge in [-0.05, 0) is 51.5 Å². The van der Waals surface area contributed by atoms with Crippen LogP contribution in [0.2, 0.25) is 0 Å². The first-order valence-corrected chi connectivity index (χ1v) is 8.13. The number of nitrogens with two attached hydrogens (primary N) is 1. The van der Waals surface area contributed by atoms with Crippen molar-refractivity contribution in [1.82, 2.24) is 4.90 Å². The van der Waals surface area contributed by atoms with Crippen LogP contribution in [0.15, 0.2) is 0 Å². The molecule has 1 saturated heterocycles. The van der Waals surface area contributed by atoms with Crippen molar-refractivity contribution in [1.29, 1.82) is 0 Å². The third-order valence-corrected chi connectivity index (χ3v) is 4.37. The van der Waals surface area contributed by atoms with E-state index in [0.29, 0.717) is 6.04 Å². The predicted molar refractivity (Wildman–Crippen MR) is 80.8 cm³/mol. The second kappa shape index (κ2) is 8.92. The molecule has 1 aliphatic heterocycles. The molecule has 0 amide bonds. The highest BCUT2D eigenvalue weighted by Gasteiger charge is 2.20. The average molecular weight is 254 g/mol. The van der Waals surface area contributed by atoms with Crippen molar-refractivity contribution in [2.75, 3.05) is 13.1 Å². The van der Waals surface area contributed by atoms with Crippen LogP contribution in [-0.4, -0.2) is 30.1 Å². The topological polar surface area (TPSA) is 29.3 Å². The molecule has 0 bridgehead atoms. The average Bonchev–Trinajstić information content (AvgIpc) is 2.53. The normalized spacial score (nSPS) is 25.7. The van der Waals surface area contributed by atoms with Gasteiger partial charge in [0.1, 0.15) is 0 Å². The van der Waals surface area contributed by atoms with Crippen LogP contribution in [0, 0.1) is 5.92 Å². The highest BCUT2D eigenvalue weighted by atomic mass is 15.2. The molecule has 2 N–H and O–H groups in total. The van der Waals surface area contributed by atoms with Crippen molar-refractivity contribution in [3.8, 4) is 0 Å². The second-order valence-electron chi connectivity index (χ2n) is 6.42. The molecule has 0 saturated carbocycles. The molecule has 2 nitrogen and oxygen atoms in total. The lowest BCUT2D eigenvalue weighted by Crippen LogP contribution is -2.37. The molecular weight excluding hydrogens is 220 g/mol. The van der Waals surface area contributed by atoms with Gasteiger partial charge in [0, 0.05) is 18.6 Å². The standard InChI is InChI=1S/C16H34N2/c1-4-16-11-6-5-7-12-18(16)13-14(2)9-8-10-15(3)17/h14-16H,4-13,17H2,1-3H3. The van der Waals surface area contributed by atoms with Crippen LogP contribution in [-0.2, 0) is 0 Å². The summed E-state index contributed by atoms with van der Waals surface area (Å²) in [6.45, 7) is 9.52. The van der Waals surface area contributed by atoms with Gasteiger partial charge >= 0.3 is 0 Å². The van der Waals surface area contributed by atoms with Gasteiger partial charge in [-0.2, -0.15) is 0 Å². The lowest BCUT2D eigenvalue weighted by Gasteiger charge is -2.31. The number of likely N-dealkylation sites (tertiary alicyclic amines) is 1. The fourth-order valence-corrected chi connectivity index (χ4v) is 3.22. The number of rotatable bonds is 7. The molecule has 0 aromatic rings. The van der Waals surface area contributed by atoms with Gasteiger partial charge in [0.05, 0.1) is 0 Å². The van der Waals surface area contributed by atoms with Crippen molar-refractivity contribution in [3.63, 3.8) is 0 Å². The SMILES string of the molecule is CCC1CCCCCN1CC(C)CCCC(C)N. The van der Waals surface area contributed by atoms with Crippen LogP contribution in [0.25, 0.3) is 0 Å². The Bertz CT molecular complexity index is 203. The van der Waals surface area contributed by atoms with E-state index in [9.17, 15) is 0 Å². The lowest BCUT2D eigenvalue weighted by atomic mass is 10.00. The van der Waals surface area contributed by atoms with Crippen LogP contribution >= 0.6 is 0 Å². The van der Waals surface area contributed by atoms with Gasteiger partial charge in [-0.15, -0.1) is 0 Å². The van der Waals surface area contributed by atoms with Gasteiger partial charge in [-0.25, -0.2) is 0 Å². The van der Waals surface area contributed by atoms with Gasteiger partial charge in [-0.1, -0.05) is 33.1 Å². The molecular formula is C16H34N2. The maximum absolute atomic E-state index is 5.82. The van der Waals surface area contributed by atoms with Crippen molar-refractivity contribution < 1.29 is 0 Å². The Labute approximate surface area is 114 Å². The summed E-state index contributed by atoms with van der Waals surface area (Å²) in [7, 11) is 0. The van der Waals surface area contributed by atoms with Crippen molar-refractivity contribution in [2.24, 2.45) is 11.7 Å². The minimum absolute atomic E-state index is 0.374. The Morgan fingerprint density at radius 1 is 1.17 bits per heavy atom. The van der Waals surface area contributed by atoms with E-state index < -0.39 is 0 Å². The number of hydrogen-bond donors (Lipinski definition) is 1. The zero-order valence-corrected chi connectivity index (χ0v) is 12.8. The Hall–Kier alpha value is -0.0800. The lowest BCUT2D eigenvalue weighted by molar-refractivity contribution is 0.165. The molecule has 0 spiro atoms. The van der Waals surface area contributed by atoms with Gasteiger partial charge in [0.2, 0.25) is 0 Å². The highest BCUT2D eigenvalue weighted by molar-refractivity contribution is 4.76. The molecule has 2 heteroatoms. The molecule has 1 aliphatic rings. The Kier molecular flexibility index (Phi) is 7.92. The van der Waals surface area contributed by atoms with E-state index in [-0.39, 0.29) is 0 Å². The Balaban J connectivity index is 2.28. The first-order chi connectivity index (χ1) is 8.63. The van der Waals surface area contributed by atoms with E-state index in [2.05, 4.69) is 25.7 Å². The largest absolute Gasteiger partial charge is 0.328 e. The van der Waals surface area contributed by atoms with Crippen LogP contribution < -0.4 is 5.73 Å². The monoisotopic (exact) mass is 254 g/mol. The summed E-state index contributed by atoms with van der Waals surface area (Å²) in [5, 5.41) is 0. The van der Waals surface area contributed by atoms with Crippen molar-refractivity contribution >= 4 is 0 Å². The maximum atomic E-state index is 5.82. The third kappa shape index (κ3) is 6.19. The zero-order valence-electron chi connectivity index (χ0n) is 12.8. The summed E-state index contributed by atoms with van der Waals surface area (Å²) in [5.74, 6) is 0.830. The van der Waals surface area contributed by atoms with E-state index in [1.54, 1.807) is 0 Å². The smallest absolute Gasteiger partial charge is 0.00927 e. The molecule has 1 heterocycles. The summed E-state index contributed by atoms with van der Waals surface area (Å²) >= 11 is 0. The minimum atomic E-state index is 0.374. The minimum Gasteiger partial charge on any atom is -0.328 e. The summed E-state index contributed by atoms with van der Waals surface area (Å²) in [5.41, 5.74) is 5.82. The zero-order chi connectivity index (χ0) is 13.4. The van der Waals surface area contributed by atoms with Crippen LogP contribution in [0.1, 0.15) is 72.1 Å². The molecule has 1 rings (SSSR count). The van der Waals surface area contributed by atoms with Gasteiger partial charge < -0.3 is 10.6 Å². The third-order valence-electron chi connectivity index (χ3n) is 4.37.